The molecule has 0 aliphatic heterocycles. The van der Waals surface area contributed by atoms with E-state index in [0.717, 1.165) is 18.4 Å². The van der Waals surface area contributed by atoms with Gasteiger partial charge in [0.15, 0.2) is 5.78 Å². The first-order chi connectivity index (χ1) is 7.80. The number of ether oxygens (including phenoxy) is 1. The number of carbonyl (C=O) groups excluding carboxylic acids is 2. The van der Waals surface area contributed by atoms with Gasteiger partial charge in [-0.15, -0.1) is 0 Å². The fourth-order valence-corrected chi connectivity index (χ4v) is 3.63. The highest BCUT2D eigenvalue weighted by Crippen LogP contribution is 2.70. The molecular formula is C14H20O3. The summed E-state index contributed by atoms with van der Waals surface area (Å²) >= 11 is 0. The molecule has 94 valence electrons. The zero-order chi connectivity index (χ0) is 13.0. The van der Waals surface area contributed by atoms with Gasteiger partial charge in [0, 0.05) is 11.3 Å². The lowest BCUT2D eigenvalue weighted by Gasteiger charge is -2.32. The maximum atomic E-state index is 12.6. The maximum Gasteiger partial charge on any atom is 0.320 e. The first-order valence-electron chi connectivity index (χ1n) is 6.09. The van der Waals surface area contributed by atoms with E-state index in [1.807, 2.05) is 20.8 Å². The molecule has 2 saturated carbocycles. The highest BCUT2D eigenvalue weighted by molar-refractivity contribution is 6.11. The average Bonchev–Trinajstić information content (AvgIpc) is 2.94. The van der Waals surface area contributed by atoms with Crippen molar-refractivity contribution in [3.05, 3.63) is 12.2 Å². The number of rotatable bonds is 2. The van der Waals surface area contributed by atoms with Crippen LogP contribution in [0.25, 0.3) is 0 Å². The van der Waals surface area contributed by atoms with Gasteiger partial charge in [-0.1, -0.05) is 26.0 Å². The molecule has 1 unspecified atom stereocenters. The summed E-state index contributed by atoms with van der Waals surface area (Å²) in [6, 6.07) is 0. The zero-order valence-corrected chi connectivity index (χ0v) is 11.0. The van der Waals surface area contributed by atoms with Crippen LogP contribution in [0.5, 0.6) is 0 Å². The van der Waals surface area contributed by atoms with Crippen molar-refractivity contribution in [2.75, 3.05) is 7.11 Å². The van der Waals surface area contributed by atoms with Crippen LogP contribution < -0.4 is 0 Å². The number of hydrogen-bond acceptors (Lipinski definition) is 3. The van der Waals surface area contributed by atoms with E-state index in [4.69, 9.17) is 4.74 Å². The molecule has 17 heavy (non-hydrogen) atoms. The molecule has 0 N–H and O–H groups in total. The predicted octanol–water partition coefficient (Wildman–Crippen LogP) is 2.36. The number of ketones is 1. The molecule has 0 aromatic carbocycles. The van der Waals surface area contributed by atoms with Crippen LogP contribution in [0.3, 0.4) is 0 Å². The predicted molar refractivity (Wildman–Crippen MR) is 64.3 cm³/mol. The molecule has 0 bridgehead atoms. The molecule has 0 saturated heterocycles. The van der Waals surface area contributed by atoms with Gasteiger partial charge in [0.05, 0.1) is 7.11 Å². The molecule has 0 aromatic heterocycles. The molecule has 0 amide bonds. The summed E-state index contributed by atoms with van der Waals surface area (Å²) < 4.78 is 4.88. The zero-order valence-electron chi connectivity index (χ0n) is 11.0. The monoisotopic (exact) mass is 236 g/mol. The quantitative estimate of drug-likeness (QED) is 0.420. The number of allylic oxidation sites excluding steroid dienone is 1. The highest BCUT2D eigenvalue weighted by Gasteiger charge is 2.77. The normalized spacial score (nSPS) is 38.2. The minimum atomic E-state index is -0.914. The Labute approximate surface area is 102 Å². The van der Waals surface area contributed by atoms with Crippen molar-refractivity contribution in [1.82, 2.24) is 0 Å². The number of carbonyl (C=O) groups is 2. The number of hydrogen-bond donors (Lipinski definition) is 0. The Bertz CT molecular complexity index is 408. The van der Waals surface area contributed by atoms with Crippen molar-refractivity contribution in [2.45, 2.75) is 33.6 Å². The van der Waals surface area contributed by atoms with Crippen LogP contribution in [0.4, 0.5) is 0 Å². The topological polar surface area (TPSA) is 43.4 Å². The van der Waals surface area contributed by atoms with E-state index in [0.29, 0.717) is 0 Å². The molecule has 2 rings (SSSR count). The smallest absolute Gasteiger partial charge is 0.320 e. The van der Waals surface area contributed by atoms with Crippen LogP contribution >= 0.6 is 0 Å². The Kier molecular flexibility index (Phi) is 2.49. The van der Waals surface area contributed by atoms with Gasteiger partial charge in [0.1, 0.15) is 5.41 Å². The van der Waals surface area contributed by atoms with E-state index in [9.17, 15) is 9.59 Å². The largest absolute Gasteiger partial charge is 0.468 e. The summed E-state index contributed by atoms with van der Waals surface area (Å²) in [6.07, 6.45) is 1.75. The minimum absolute atomic E-state index is 0.00998. The van der Waals surface area contributed by atoms with E-state index in [1.165, 1.54) is 7.11 Å². The van der Waals surface area contributed by atoms with Gasteiger partial charge in [-0.05, 0) is 25.7 Å². The Hall–Kier alpha value is -1.12. The second kappa shape index (κ2) is 3.44. The van der Waals surface area contributed by atoms with Gasteiger partial charge in [-0.2, -0.15) is 0 Å². The minimum Gasteiger partial charge on any atom is -0.468 e. The van der Waals surface area contributed by atoms with Crippen LogP contribution in [0, 0.1) is 22.7 Å². The third kappa shape index (κ3) is 1.34. The number of Topliss-reactive ketones (excluding diaryl/α,β-unsaturated/α-hetero) is 1. The van der Waals surface area contributed by atoms with Gasteiger partial charge in [0.2, 0.25) is 0 Å². The van der Waals surface area contributed by atoms with E-state index >= 15 is 0 Å². The van der Waals surface area contributed by atoms with Crippen molar-refractivity contribution >= 4 is 11.8 Å². The number of esters is 1. The summed E-state index contributed by atoms with van der Waals surface area (Å²) in [5, 5.41) is 0. The van der Waals surface area contributed by atoms with Crippen molar-refractivity contribution in [1.29, 1.82) is 0 Å². The first-order valence-corrected chi connectivity index (χ1v) is 6.09. The molecule has 2 aliphatic rings. The molecule has 0 radical (unpaired) electrons. The Balaban J connectivity index is 2.45. The lowest BCUT2D eigenvalue weighted by Crippen LogP contribution is -2.42. The molecule has 0 heterocycles. The Morgan fingerprint density at radius 2 is 2.06 bits per heavy atom. The van der Waals surface area contributed by atoms with E-state index in [1.54, 1.807) is 0 Å². The fraction of sp³-hybridized carbons (Fsp3) is 0.714. The van der Waals surface area contributed by atoms with Crippen LogP contribution in [0.15, 0.2) is 12.2 Å². The van der Waals surface area contributed by atoms with Crippen LogP contribution in [-0.2, 0) is 14.3 Å². The summed E-state index contributed by atoms with van der Waals surface area (Å²) in [7, 11) is 1.36. The van der Waals surface area contributed by atoms with Crippen molar-refractivity contribution in [3.8, 4) is 0 Å². The second-order valence-corrected chi connectivity index (χ2v) is 6.04. The fourth-order valence-electron chi connectivity index (χ4n) is 3.63. The summed E-state index contributed by atoms with van der Waals surface area (Å²) in [4.78, 5) is 24.6. The summed E-state index contributed by atoms with van der Waals surface area (Å²) in [5.41, 5.74) is -0.413. The first kappa shape index (κ1) is 12.3. The van der Waals surface area contributed by atoms with Crippen LogP contribution in [0.2, 0.25) is 0 Å². The highest BCUT2D eigenvalue weighted by atomic mass is 16.5. The Morgan fingerprint density at radius 3 is 2.53 bits per heavy atom. The van der Waals surface area contributed by atoms with Gasteiger partial charge in [-0.3, -0.25) is 9.59 Å². The number of fused-ring (bicyclic) bond motifs is 1. The molecule has 3 heteroatoms. The SMILES string of the molecule is C=C(C)C1[C@@H]2CCC(C)(C)C(=O)[C@]12C(=O)OC. The Morgan fingerprint density at radius 1 is 1.47 bits per heavy atom. The third-order valence-corrected chi connectivity index (χ3v) is 4.49. The maximum absolute atomic E-state index is 12.6. The van der Waals surface area contributed by atoms with Gasteiger partial charge in [0.25, 0.3) is 0 Å². The molecule has 3 atom stereocenters. The standard InChI is InChI=1S/C14H20O3/c1-8(2)10-9-6-7-13(3,4)11(15)14(9,10)12(16)17-5/h9-10H,1,6-7H2,2-5H3/t9-,10?,14+/m0/s1. The molecule has 0 aromatic rings. The van der Waals surface area contributed by atoms with Crippen LogP contribution in [-0.4, -0.2) is 18.9 Å². The van der Waals surface area contributed by atoms with E-state index in [-0.39, 0.29) is 23.6 Å². The van der Waals surface area contributed by atoms with Gasteiger partial charge in [-0.25, -0.2) is 0 Å². The van der Waals surface area contributed by atoms with Crippen molar-refractivity contribution < 1.29 is 14.3 Å². The summed E-state index contributed by atoms with van der Waals surface area (Å²) in [5.74, 6) is -0.216. The lowest BCUT2D eigenvalue weighted by molar-refractivity contribution is -0.157. The van der Waals surface area contributed by atoms with Crippen LogP contribution in [0.1, 0.15) is 33.6 Å². The van der Waals surface area contributed by atoms with E-state index in [2.05, 4.69) is 6.58 Å². The second-order valence-electron chi connectivity index (χ2n) is 6.04. The molecule has 2 fully saturated rings. The lowest BCUT2D eigenvalue weighted by atomic mass is 9.70. The third-order valence-electron chi connectivity index (χ3n) is 4.49. The molecule has 2 aliphatic carbocycles. The molecule has 0 spiro atoms. The van der Waals surface area contributed by atoms with E-state index < -0.39 is 10.8 Å². The van der Waals surface area contributed by atoms with Gasteiger partial charge < -0.3 is 4.74 Å². The molecular weight excluding hydrogens is 216 g/mol. The summed E-state index contributed by atoms with van der Waals surface area (Å²) in [6.45, 7) is 9.66. The van der Waals surface area contributed by atoms with Crippen molar-refractivity contribution in [3.63, 3.8) is 0 Å². The van der Waals surface area contributed by atoms with Gasteiger partial charge >= 0.3 is 5.97 Å². The number of methoxy groups -OCH3 is 1. The average molecular weight is 236 g/mol. The van der Waals surface area contributed by atoms with Crippen molar-refractivity contribution in [2.24, 2.45) is 22.7 Å². The molecule has 3 nitrogen and oxygen atoms in total.